The lowest BCUT2D eigenvalue weighted by atomic mass is 9.85. The number of rotatable bonds is 2. The van der Waals surface area contributed by atoms with Gasteiger partial charge in [-0.05, 0) is 54.5 Å². The van der Waals surface area contributed by atoms with Gasteiger partial charge in [0.15, 0.2) is 0 Å². The van der Waals surface area contributed by atoms with Crippen LogP contribution >= 0.6 is 15.9 Å². The highest BCUT2D eigenvalue weighted by Gasteiger charge is 2.19. The lowest BCUT2D eigenvalue weighted by molar-refractivity contribution is 0.458. The first-order valence-corrected chi connectivity index (χ1v) is 6.98. The highest BCUT2D eigenvalue weighted by molar-refractivity contribution is 9.10. The lowest BCUT2D eigenvalue weighted by Crippen LogP contribution is -2.29. The van der Waals surface area contributed by atoms with E-state index >= 15 is 0 Å². The van der Waals surface area contributed by atoms with Crippen LogP contribution in [0.25, 0.3) is 0 Å². The fraction of sp³-hybridized carbons (Fsp3) is 0.571. The summed E-state index contributed by atoms with van der Waals surface area (Å²) in [7, 11) is 0. The summed E-state index contributed by atoms with van der Waals surface area (Å²) in [6, 6.07) is 6.75. The number of nitrogens with one attached hydrogen (secondary N) is 1. The van der Waals surface area contributed by atoms with Crippen LogP contribution < -0.4 is 5.32 Å². The third-order valence-electron chi connectivity index (χ3n) is 3.41. The van der Waals surface area contributed by atoms with Gasteiger partial charge in [-0.1, -0.05) is 35.8 Å². The Morgan fingerprint density at radius 2 is 2.19 bits per heavy atom. The monoisotopic (exact) mass is 281 g/mol. The predicted octanol–water partition coefficient (Wildman–Crippen LogP) is 4.04. The Kier molecular flexibility index (Phi) is 4.04. The highest BCUT2D eigenvalue weighted by Crippen LogP contribution is 2.32. The van der Waals surface area contributed by atoms with E-state index in [4.69, 9.17) is 0 Å². The van der Waals surface area contributed by atoms with E-state index in [1.807, 2.05) is 0 Å². The fourth-order valence-electron chi connectivity index (χ4n) is 2.54. The van der Waals surface area contributed by atoms with Crippen LogP contribution in [0.4, 0.5) is 0 Å². The Morgan fingerprint density at radius 1 is 1.38 bits per heavy atom. The van der Waals surface area contributed by atoms with Crippen LogP contribution in [0, 0.1) is 0 Å². The van der Waals surface area contributed by atoms with E-state index in [1.165, 1.54) is 35.0 Å². The van der Waals surface area contributed by atoms with Crippen molar-refractivity contribution in [3.05, 3.63) is 33.8 Å². The van der Waals surface area contributed by atoms with E-state index in [1.54, 1.807) is 0 Å². The average molecular weight is 282 g/mol. The van der Waals surface area contributed by atoms with Crippen molar-refractivity contribution >= 4 is 15.9 Å². The van der Waals surface area contributed by atoms with Gasteiger partial charge in [-0.15, -0.1) is 0 Å². The normalized spacial score (nSPS) is 21.4. The first-order chi connectivity index (χ1) is 7.68. The standard InChI is InChI=1S/C14H20BrN/c1-10(2)13-6-5-12(15)8-14(13)11-4-3-7-16-9-11/h5-6,8,10-11,16H,3-4,7,9H2,1-2H3. The third kappa shape index (κ3) is 2.67. The average Bonchev–Trinajstić information content (AvgIpc) is 2.29. The van der Waals surface area contributed by atoms with Crippen molar-refractivity contribution in [2.45, 2.75) is 38.5 Å². The topological polar surface area (TPSA) is 12.0 Å². The summed E-state index contributed by atoms with van der Waals surface area (Å²) < 4.78 is 1.21. The maximum absolute atomic E-state index is 3.59. The zero-order valence-corrected chi connectivity index (χ0v) is 11.7. The second-order valence-corrected chi connectivity index (χ2v) is 5.89. The summed E-state index contributed by atoms with van der Waals surface area (Å²) in [5.74, 6) is 1.31. The summed E-state index contributed by atoms with van der Waals surface area (Å²) in [6.07, 6.45) is 2.62. The van der Waals surface area contributed by atoms with Crippen LogP contribution in [0.5, 0.6) is 0 Å². The number of halogens is 1. The molecule has 0 aliphatic carbocycles. The molecule has 2 rings (SSSR count). The van der Waals surface area contributed by atoms with Gasteiger partial charge in [-0.2, -0.15) is 0 Å². The molecule has 2 heteroatoms. The van der Waals surface area contributed by atoms with Crippen molar-refractivity contribution in [1.82, 2.24) is 5.32 Å². The SMILES string of the molecule is CC(C)c1ccc(Br)cc1C1CCCNC1. The van der Waals surface area contributed by atoms with E-state index < -0.39 is 0 Å². The largest absolute Gasteiger partial charge is 0.316 e. The summed E-state index contributed by atoms with van der Waals surface area (Å²) in [5, 5.41) is 3.50. The van der Waals surface area contributed by atoms with Crippen molar-refractivity contribution < 1.29 is 0 Å². The summed E-state index contributed by atoms with van der Waals surface area (Å²) >= 11 is 3.59. The smallest absolute Gasteiger partial charge is 0.0178 e. The molecule has 1 aliphatic heterocycles. The molecule has 1 atom stereocenters. The minimum Gasteiger partial charge on any atom is -0.316 e. The molecule has 0 aromatic heterocycles. The van der Waals surface area contributed by atoms with Gasteiger partial charge in [0.25, 0.3) is 0 Å². The van der Waals surface area contributed by atoms with Gasteiger partial charge >= 0.3 is 0 Å². The van der Waals surface area contributed by atoms with E-state index in [9.17, 15) is 0 Å². The molecule has 1 heterocycles. The van der Waals surface area contributed by atoms with Gasteiger partial charge < -0.3 is 5.32 Å². The molecule has 1 nitrogen and oxygen atoms in total. The highest BCUT2D eigenvalue weighted by atomic mass is 79.9. The molecule has 0 spiro atoms. The van der Waals surface area contributed by atoms with Gasteiger partial charge in [0.1, 0.15) is 0 Å². The molecule has 1 saturated heterocycles. The van der Waals surface area contributed by atoms with Crippen molar-refractivity contribution in [3.63, 3.8) is 0 Å². The zero-order valence-electron chi connectivity index (χ0n) is 10.1. The Hall–Kier alpha value is -0.340. The maximum atomic E-state index is 3.59. The molecule has 1 N–H and O–H groups in total. The first kappa shape index (κ1) is 12.1. The molecule has 0 amide bonds. The van der Waals surface area contributed by atoms with Crippen LogP contribution in [0.15, 0.2) is 22.7 Å². The number of piperidine rings is 1. The van der Waals surface area contributed by atoms with E-state index in [0.717, 1.165) is 6.54 Å². The van der Waals surface area contributed by atoms with Gasteiger partial charge in [0.05, 0.1) is 0 Å². The maximum Gasteiger partial charge on any atom is 0.0178 e. The van der Waals surface area contributed by atoms with Crippen LogP contribution in [-0.4, -0.2) is 13.1 Å². The van der Waals surface area contributed by atoms with E-state index in [-0.39, 0.29) is 0 Å². The summed E-state index contributed by atoms with van der Waals surface area (Å²) in [5.41, 5.74) is 3.05. The fourth-order valence-corrected chi connectivity index (χ4v) is 2.92. The number of hydrogen-bond acceptors (Lipinski definition) is 1. The molecule has 88 valence electrons. The Balaban J connectivity index is 2.32. The van der Waals surface area contributed by atoms with E-state index in [2.05, 4.69) is 53.3 Å². The van der Waals surface area contributed by atoms with Gasteiger partial charge in [-0.3, -0.25) is 0 Å². The Labute approximate surface area is 107 Å². The molecule has 1 aromatic rings. The van der Waals surface area contributed by atoms with Crippen molar-refractivity contribution in [2.24, 2.45) is 0 Å². The van der Waals surface area contributed by atoms with Gasteiger partial charge in [0, 0.05) is 11.0 Å². The zero-order chi connectivity index (χ0) is 11.5. The molecular formula is C14H20BrN. The molecule has 1 aromatic carbocycles. The molecule has 16 heavy (non-hydrogen) atoms. The second kappa shape index (κ2) is 5.33. The van der Waals surface area contributed by atoms with Crippen molar-refractivity contribution in [3.8, 4) is 0 Å². The first-order valence-electron chi connectivity index (χ1n) is 6.18. The van der Waals surface area contributed by atoms with Crippen LogP contribution in [0.2, 0.25) is 0 Å². The Bertz CT molecular complexity index is 354. The van der Waals surface area contributed by atoms with Crippen molar-refractivity contribution in [2.75, 3.05) is 13.1 Å². The quantitative estimate of drug-likeness (QED) is 0.863. The predicted molar refractivity (Wildman–Crippen MR) is 73.1 cm³/mol. The molecule has 0 radical (unpaired) electrons. The van der Waals surface area contributed by atoms with Crippen LogP contribution in [0.1, 0.15) is 49.7 Å². The molecule has 1 unspecified atom stereocenters. The number of benzene rings is 1. The van der Waals surface area contributed by atoms with Gasteiger partial charge in [0.2, 0.25) is 0 Å². The minimum absolute atomic E-state index is 0.616. The molecule has 1 fully saturated rings. The summed E-state index contributed by atoms with van der Waals surface area (Å²) in [6.45, 7) is 6.88. The molecule has 1 aliphatic rings. The van der Waals surface area contributed by atoms with Crippen LogP contribution in [-0.2, 0) is 0 Å². The molecule has 0 saturated carbocycles. The summed E-state index contributed by atoms with van der Waals surface area (Å²) in [4.78, 5) is 0. The lowest BCUT2D eigenvalue weighted by Gasteiger charge is -2.26. The van der Waals surface area contributed by atoms with Gasteiger partial charge in [-0.25, -0.2) is 0 Å². The third-order valence-corrected chi connectivity index (χ3v) is 3.90. The number of hydrogen-bond donors (Lipinski definition) is 1. The van der Waals surface area contributed by atoms with Crippen molar-refractivity contribution in [1.29, 1.82) is 0 Å². The van der Waals surface area contributed by atoms with E-state index in [0.29, 0.717) is 11.8 Å². The second-order valence-electron chi connectivity index (χ2n) is 4.97. The Morgan fingerprint density at radius 3 is 2.81 bits per heavy atom. The van der Waals surface area contributed by atoms with Crippen LogP contribution in [0.3, 0.4) is 0 Å². The molecule has 0 bridgehead atoms. The minimum atomic E-state index is 0.616. The molecular weight excluding hydrogens is 262 g/mol.